The van der Waals surface area contributed by atoms with Gasteiger partial charge in [0.05, 0.1) is 13.2 Å². The molecule has 0 bridgehead atoms. The molecule has 0 spiro atoms. The van der Waals surface area contributed by atoms with Crippen LogP contribution >= 0.6 is 0 Å². The van der Waals surface area contributed by atoms with E-state index >= 15 is 0 Å². The smallest absolute Gasteiger partial charge is 0.330 e. The molecule has 0 amide bonds. The third kappa shape index (κ3) is 39.0. The lowest BCUT2D eigenvalue weighted by Crippen LogP contribution is -2.15. The van der Waals surface area contributed by atoms with Crippen LogP contribution in [0.3, 0.4) is 0 Å². The van der Waals surface area contributed by atoms with Gasteiger partial charge < -0.3 is 25.5 Å². The normalized spacial score (nSPS) is 8.12. The lowest BCUT2D eigenvalue weighted by molar-refractivity contribution is -0.134. The molecule has 96 valence electrons. The summed E-state index contributed by atoms with van der Waals surface area (Å²) in [4.78, 5) is 18.6. The van der Waals surface area contributed by atoms with E-state index in [0.717, 1.165) is 6.92 Å². The van der Waals surface area contributed by atoms with Crippen LogP contribution in [0.4, 0.5) is 0 Å². The second-order valence-corrected chi connectivity index (χ2v) is 2.62. The first kappa shape index (κ1) is 20.0. The number of carboxylic acids is 2. The van der Waals surface area contributed by atoms with E-state index < -0.39 is 18.0 Å². The first-order chi connectivity index (χ1) is 7.18. The van der Waals surface area contributed by atoms with E-state index in [1.165, 1.54) is 6.92 Å². The molecule has 7 nitrogen and oxygen atoms in total. The van der Waals surface area contributed by atoms with Gasteiger partial charge in [0.1, 0.15) is 6.10 Å². The summed E-state index contributed by atoms with van der Waals surface area (Å²) in [6, 6.07) is 0. The lowest BCUT2D eigenvalue weighted by atomic mass is 10.4. The molecule has 0 fully saturated rings. The van der Waals surface area contributed by atoms with Crippen LogP contribution < -0.4 is 0 Å². The summed E-state index contributed by atoms with van der Waals surface area (Å²) in [6.07, 6.45) is -0.954. The van der Waals surface area contributed by atoms with E-state index in [0.29, 0.717) is 0 Å². The standard InChI is InChI=1S/C4H6O2.C3H8O3.C2H4O2/c1-3(2)4(5)6;4-1-3(6)2-5;1-2(3)4/h1H2,2H3,(H,5,6);3-6H,1-2H2;1H3,(H,3,4). The average Bonchev–Trinajstić information content (AvgIpc) is 2.16. The van der Waals surface area contributed by atoms with E-state index in [2.05, 4.69) is 6.58 Å². The predicted octanol–water partition coefficient (Wildman–Crippen LogP) is -0.930. The van der Waals surface area contributed by atoms with Crippen molar-refractivity contribution in [3.8, 4) is 0 Å². The molecule has 0 radical (unpaired) electrons. The van der Waals surface area contributed by atoms with Crippen LogP contribution in [-0.4, -0.2) is 56.8 Å². The summed E-state index contributed by atoms with van der Waals surface area (Å²) in [6.45, 7) is 4.96. The summed E-state index contributed by atoms with van der Waals surface area (Å²) < 4.78 is 0. The maximum Gasteiger partial charge on any atom is 0.330 e. The van der Waals surface area contributed by atoms with Crippen molar-refractivity contribution in [2.45, 2.75) is 20.0 Å². The van der Waals surface area contributed by atoms with Gasteiger partial charge in [0.2, 0.25) is 0 Å². The zero-order chi connectivity index (χ0) is 13.7. The number of hydrogen-bond acceptors (Lipinski definition) is 5. The van der Waals surface area contributed by atoms with Crippen molar-refractivity contribution in [1.82, 2.24) is 0 Å². The Morgan fingerprint density at radius 1 is 1.12 bits per heavy atom. The summed E-state index contributed by atoms with van der Waals surface area (Å²) in [7, 11) is 0. The topological polar surface area (TPSA) is 135 Å². The minimum Gasteiger partial charge on any atom is -0.481 e. The fourth-order valence-corrected chi connectivity index (χ4v) is 0.0577. The third-order valence-electron chi connectivity index (χ3n) is 0.787. The van der Waals surface area contributed by atoms with Crippen LogP contribution in [0.1, 0.15) is 13.8 Å². The van der Waals surface area contributed by atoms with Gasteiger partial charge >= 0.3 is 5.97 Å². The van der Waals surface area contributed by atoms with Crippen molar-refractivity contribution in [2.24, 2.45) is 0 Å². The molecule has 0 aromatic heterocycles. The Hall–Kier alpha value is -1.44. The van der Waals surface area contributed by atoms with E-state index in [1.807, 2.05) is 0 Å². The number of hydrogen-bond donors (Lipinski definition) is 5. The first-order valence-corrected chi connectivity index (χ1v) is 4.17. The lowest BCUT2D eigenvalue weighted by Gasteiger charge is -1.96. The molecule has 0 saturated heterocycles. The van der Waals surface area contributed by atoms with Crippen molar-refractivity contribution >= 4 is 11.9 Å². The zero-order valence-electron chi connectivity index (χ0n) is 9.25. The average molecular weight is 238 g/mol. The molecule has 0 heterocycles. The molecular formula is C9H18O7. The Bertz CT molecular complexity index is 192. The summed E-state index contributed by atoms with van der Waals surface area (Å²) in [5, 5.41) is 39.3. The molecule has 5 N–H and O–H groups in total. The van der Waals surface area contributed by atoms with E-state index in [4.69, 9.17) is 30.3 Å². The molecule has 0 aliphatic rings. The highest BCUT2D eigenvalue weighted by Crippen LogP contribution is 1.81. The van der Waals surface area contributed by atoms with Crippen molar-refractivity contribution in [1.29, 1.82) is 0 Å². The molecule has 0 unspecified atom stereocenters. The third-order valence-corrected chi connectivity index (χ3v) is 0.787. The monoisotopic (exact) mass is 238 g/mol. The maximum atomic E-state index is 9.60. The van der Waals surface area contributed by atoms with Gasteiger partial charge in [0.15, 0.2) is 0 Å². The SMILES string of the molecule is C=C(C)C(=O)O.CC(=O)O.OCC(O)CO. The number of rotatable bonds is 3. The Labute approximate surface area is 93.3 Å². The van der Waals surface area contributed by atoms with E-state index in [-0.39, 0.29) is 18.8 Å². The van der Waals surface area contributed by atoms with Gasteiger partial charge in [-0.1, -0.05) is 6.58 Å². The van der Waals surface area contributed by atoms with Gasteiger partial charge in [-0.05, 0) is 6.92 Å². The Balaban J connectivity index is -0.000000162. The largest absolute Gasteiger partial charge is 0.481 e. The van der Waals surface area contributed by atoms with Crippen LogP contribution in [-0.2, 0) is 9.59 Å². The molecule has 0 aliphatic carbocycles. The van der Waals surface area contributed by atoms with Gasteiger partial charge in [-0.3, -0.25) is 4.79 Å². The fourth-order valence-electron chi connectivity index (χ4n) is 0.0577. The molecule has 0 atom stereocenters. The van der Waals surface area contributed by atoms with E-state index in [9.17, 15) is 4.79 Å². The Kier molecular flexibility index (Phi) is 17.0. The number of aliphatic hydroxyl groups excluding tert-OH is 3. The van der Waals surface area contributed by atoms with Gasteiger partial charge in [-0.15, -0.1) is 0 Å². The molecule has 0 aromatic rings. The summed E-state index contributed by atoms with van der Waals surface area (Å²) in [5.41, 5.74) is 0.176. The van der Waals surface area contributed by atoms with Crippen LogP contribution in [0.15, 0.2) is 12.2 Å². The number of aliphatic carboxylic acids is 2. The highest BCUT2D eigenvalue weighted by Gasteiger charge is 1.93. The zero-order valence-corrected chi connectivity index (χ0v) is 9.25. The first-order valence-electron chi connectivity index (χ1n) is 4.17. The van der Waals surface area contributed by atoms with Gasteiger partial charge in [-0.2, -0.15) is 0 Å². The minimum absolute atomic E-state index is 0.176. The molecule has 0 aliphatic heterocycles. The van der Waals surface area contributed by atoms with Crippen molar-refractivity contribution in [3.63, 3.8) is 0 Å². The van der Waals surface area contributed by atoms with Gasteiger partial charge in [0, 0.05) is 12.5 Å². The van der Waals surface area contributed by atoms with Crippen molar-refractivity contribution < 1.29 is 35.1 Å². The van der Waals surface area contributed by atoms with Crippen LogP contribution in [0, 0.1) is 0 Å². The number of carboxylic acid groups (broad SMARTS) is 2. The fraction of sp³-hybridized carbons (Fsp3) is 0.556. The quantitative estimate of drug-likeness (QED) is 0.401. The number of aliphatic hydroxyl groups is 3. The van der Waals surface area contributed by atoms with E-state index in [1.54, 1.807) is 0 Å². The molecule has 0 saturated carbocycles. The maximum absolute atomic E-state index is 9.60. The molecule has 7 heteroatoms. The van der Waals surface area contributed by atoms with Crippen LogP contribution in [0.2, 0.25) is 0 Å². The Morgan fingerprint density at radius 2 is 1.31 bits per heavy atom. The minimum atomic E-state index is -0.954. The number of carbonyl (C=O) groups is 2. The Morgan fingerprint density at radius 3 is 1.31 bits per heavy atom. The highest BCUT2D eigenvalue weighted by atomic mass is 16.4. The van der Waals surface area contributed by atoms with Crippen molar-refractivity contribution in [3.05, 3.63) is 12.2 Å². The van der Waals surface area contributed by atoms with Crippen molar-refractivity contribution in [2.75, 3.05) is 13.2 Å². The predicted molar refractivity (Wildman–Crippen MR) is 55.9 cm³/mol. The highest BCUT2D eigenvalue weighted by molar-refractivity contribution is 5.84. The molecule has 16 heavy (non-hydrogen) atoms. The van der Waals surface area contributed by atoms with Crippen LogP contribution in [0.5, 0.6) is 0 Å². The van der Waals surface area contributed by atoms with Gasteiger partial charge in [-0.25, -0.2) is 4.79 Å². The molecule has 0 aromatic carbocycles. The molecule has 0 rings (SSSR count). The second kappa shape index (κ2) is 13.6. The van der Waals surface area contributed by atoms with Gasteiger partial charge in [0.25, 0.3) is 5.97 Å². The van der Waals surface area contributed by atoms with Crippen LogP contribution in [0.25, 0.3) is 0 Å². The molecular weight excluding hydrogens is 220 g/mol. The second-order valence-electron chi connectivity index (χ2n) is 2.62. The summed E-state index contributed by atoms with van der Waals surface area (Å²) in [5.74, 6) is -1.77. The summed E-state index contributed by atoms with van der Waals surface area (Å²) >= 11 is 0.